The molecule has 1 aromatic carbocycles. The molecule has 2 aromatic heterocycles. The number of thiophene rings is 1. The monoisotopic (exact) mass is 364 g/mol. The molecule has 5 heteroatoms. The lowest BCUT2D eigenvalue weighted by Gasteiger charge is -2.00. The standard InChI is InChI=1S/C15H13BrN2S2/c1-17-8-13-14(10-5-3-2-4-6-10)18-15(20-13)12-7-11(16)9-19-12/h2-7,9,17H,8H2,1H3. The molecule has 102 valence electrons. The van der Waals surface area contributed by atoms with Crippen LogP contribution in [0, 0.1) is 0 Å². The topological polar surface area (TPSA) is 24.9 Å². The van der Waals surface area contributed by atoms with Crippen LogP contribution < -0.4 is 5.32 Å². The highest BCUT2D eigenvalue weighted by Crippen LogP contribution is 2.37. The van der Waals surface area contributed by atoms with Crippen molar-refractivity contribution in [2.45, 2.75) is 6.54 Å². The van der Waals surface area contributed by atoms with Gasteiger partial charge in [0.05, 0.1) is 10.6 Å². The van der Waals surface area contributed by atoms with Crippen LogP contribution in [-0.4, -0.2) is 12.0 Å². The molecule has 0 fully saturated rings. The number of hydrogen-bond donors (Lipinski definition) is 1. The van der Waals surface area contributed by atoms with Gasteiger partial charge in [-0.2, -0.15) is 0 Å². The fourth-order valence-electron chi connectivity index (χ4n) is 1.98. The first-order chi connectivity index (χ1) is 9.78. The van der Waals surface area contributed by atoms with Crippen LogP contribution in [0.25, 0.3) is 21.1 Å². The van der Waals surface area contributed by atoms with Crippen molar-refractivity contribution in [3.8, 4) is 21.1 Å². The van der Waals surface area contributed by atoms with Gasteiger partial charge in [0, 0.05) is 26.8 Å². The fraction of sp³-hybridized carbons (Fsp3) is 0.133. The molecule has 0 unspecified atom stereocenters. The van der Waals surface area contributed by atoms with Crippen LogP contribution >= 0.6 is 38.6 Å². The molecule has 3 aromatic rings. The summed E-state index contributed by atoms with van der Waals surface area (Å²) in [4.78, 5) is 7.34. The third-order valence-electron chi connectivity index (χ3n) is 2.86. The van der Waals surface area contributed by atoms with Gasteiger partial charge in [-0.05, 0) is 29.0 Å². The van der Waals surface area contributed by atoms with Crippen molar-refractivity contribution < 1.29 is 0 Å². The molecule has 0 atom stereocenters. The van der Waals surface area contributed by atoms with Crippen molar-refractivity contribution in [3.63, 3.8) is 0 Å². The van der Waals surface area contributed by atoms with Crippen LogP contribution in [0.3, 0.4) is 0 Å². The number of rotatable bonds is 4. The first-order valence-corrected chi connectivity index (χ1v) is 8.71. The molecule has 0 amide bonds. The maximum atomic E-state index is 4.85. The highest BCUT2D eigenvalue weighted by atomic mass is 79.9. The normalized spacial score (nSPS) is 10.9. The van der Waals surface area contributed by atoms with Crippen molar-refractivity contribution in [2.75, 3.05) is 7.05 Å². The zero-order valence-electron chi connectivity index (χ0n) is 10.9. The predicted octanol–water partition coefficient (Wildman–Crippen LogP) is 5.02. The quantitative estimate of drug-likeness (QED) is 0.702. The number of aromatic nitrogens is 1. The molecule has 0 radical (unpaired) electrons. The van der Waals surface area contributed by atoms with Crippen LogP contribution in [0.1, 0.15) is 4.88 Å². The van der Waals surface area contributed by atoms with E-state index in [1.54, 1.807) is 22.7 Å². The van der Waals surface area contributed by atoms with Crippen LogP contribution in [0.4, 0.5) is 0 Å². The lowest BCUT2D eigenvalue weighted by molar-refractivity contribution is 0.831. The number of nitrogens with zero attached hydrogens (tertiary/aromatic N) is 1. The van der Waals surface area contributed by atoms with Gasteiger partial charge in [0.1, 0.15) is 5.01 Å². The van der Waals surface area contributed by atoms with Crippen LogP contribution in [0.2, 0.25) is 0 Å². The Labute approximate surface area is 134 Å². The summed E-state index contributed by atoms with van der Waals surface area (Å²) in [5, 5.41) is 6.41. The van der Waals surface area contributed by atoms with Crippen LogP contribution in [-0.2, 0) is 6.54 Å². The highest BCUT2D eigenvalue weighted by molar-refractivity contribution is 9.10. The number of thiazole rings is 1. The van der Waals surface area contributed by atoms with Crippen LogP contribution in [0.5, 0.6) is 0 Å². The zero-order valence-corrected chi connectivity index (χ0v) is 14.1. The first kappa shape index (κ1) is 13.9. The summed E-state index contributed by atoms with van der Waals surface area (Å²) in [6.45, 7) is 0.842. The molecular weight excluding hydrogens is 352 g/mol. The van der Waals surface area contributed by atoms with E-state index in [0.29, 0.717) is 0 Å². The molecule has 0 spiro atoms. The van der Waals surface area contributed by atoms with E-state index in [1.165, 1.54) is 15.3 Å². The van der Waals surface area contributed by atoms with Gasteiger partial charge < -0.3 is 5.32 Å². The Morgan fingerprint density at radius 2 is 2.05 bits per heavy atom. The minimum atomic E-state index is 0.842. The van der Waals surface area contributed by atoms with Gasteiger partial charge in [0.15, 0.2) is 0 Å². The second kappa shape index (κ2) is 6.18. The van der Waals surface area contributed by atoms with E-state index in [1.807, 2.05) is 13.1 Å². The van der Waals surface area contributed by atoms with Gasteiger partial charge in [-0.3, -0.25) is 0 Å². The molecule has 0 aliphatic rings. The summed E-state index contributed by atoms with van der Waals surface area (Å²) in [7, 11) is 1.97. The Hall–Kier alpha value is -1.01. The minimum Gasteiger partial charge on any atom is -0.315 e. The molecule has 0 aliphatic heterocycles. The summed E-state index contributed by atoms with van der Waals surface area (Å²) in [5.41, 5.74) is 2.26. The number of nitrogens with one attached hydrogen (secondary N) is 1. The summed E-state index contributed by atoms with van der Waals surface area (Å²) in [5.74, 6) is 0. The van der Waals surface area contributed by atoms with Crippen molar-refractivity contribution in [1.29, 1.82) is 0 Å². The maximum Gasteiger partial charge on any atom is 0.134 e. The lowest BCUT2D eigenvalue weighted by Crippen LogP contribution is -2.04. The summed E-state index contributed by atoms with van der Waals surface area (Å²) in [6, 6.07) is 12.5. The summed E-state index contributed by atoms with van der Waals surface area (Å²) < 4.78 is 1.11. The zero-order chi connectivity index (χ0) is 13.9. The molecular formula is C15H13BrN2S2. The van der Waals surface area contributed by atoms with Crippen molar-refractivity contribution in [3.05, 3.63) is 51.1 Å². The predicted molar refractivity (Wildman–Crippen MR) is 91.3 cm³/mol. The minimum absolute atomic E-state index is 0.842. The number of halogens is 1. The van der Waals surface area contributed by atoms with E-state index in [2.05, 4.69) is 57.0 Å². The van der Waals surface area contributed by atoms with Crippen molar-refractivity contribution in [2.24, 2.45) is 0 Å². The maximum absolute atomic E-state index is 4.85. The van der Waals surface area contributed by atoms with Crippen molar-refractivity contribution >= 4 is 38.6 Å². The Morgan fingerprint density at radius 1 is 1.25 bits per heavy atom. The fourth-order valence-corrected chi connectivity index (χ4v) is 4.57. The first-order valence-electron chi connectivity index (χ1n) is 6.22. The Bertz CT molecular complexity index is 704. The smallest absolute Gasteiger partial charge is 0.134 e. The van der Waals surface area contributed by atoms with Gasteiger partial charge in [-0.25, -0.2) is 4.98 Å². The summed E-state index contributed by atoms with van der Waals surface area (Å²) in [6.07, 6.45) is 0. The van der Waals surface area contributed by atoms with Gasteiger partial charge >= 0.3 is 0 Å². The molecule has 0 saturated heterocycles. The number of hydrogen-bond acceptors (Lipinski definition) is 4. The third kappa shape index (κ3) is 2.86. The Balaban J connectivity index is 2.07. The van der Waals surface area contributed by atoms with Gasteiger partial charge in [0.2, 0.25) is 0 Å². The second-order valence-corrected chi connectivity index (χ2v) is 7.23. The average Bonchev–Trinajstić information content (AvgIpc) is 3.07. The summed E-state index contributed by atoms with van der Waals surface area (Å²) >= 11 is 6.99. The molecule has 0 saturated carbocycles. The highest BCUT2D eigenvalue weighted by Gasteiger charge is 2.14. The molecule has 3 rings (SSSR count). The van der Waals surface area contributed by atoms with E-state index in [4.69, 9.17) is 4.98 Å². The Kier molecular flexibility index (Phi) is 4.31. The van der Waals surface area contributed by atoms with Gasteiger partial charge in [-0.15, -0.1) is 22.7 Å². The van der Waals surface area contributed by atoms with Crippen molar-refractivity contribution in [1.82, 2.24) is 10.3 Å². The van der Waals surface area contributed by atoms with E-state index in [-0.39, 0.29) is 0 Å². The van der Waals surface area contributed by atoms with E-state index >= 15 is 0 Å². The van der Waals surface area contributed by atoms with Gasteiger partial charge in [-0.1, -0.05) is 30.3 Å². The SMILES string of the molecule is CNCc1sc(-c2cc(Br)cs2)nc1-c1ccccc1. The van der Waals surface area contributed by atoms with E-state index in [9.17, 15) is 0 Å². The third-order valence-corrected chi connectivity index (χ3v) is 5.78. The molecule has 20 heavy (non-hydrogen) atoms. The van der Waals surface area contributed by atoms with E-state index < -0.39 is 0 Å². The molecule has 2 heterocycles. The second-order valence-electron chi connectivity index (χ2n) is 4.32. The van der Waals surface area contributed by atoms with Crippen LogP contribution in [0.15, 0.2) is 46.3 Å². The molecule has 1 N–H and O–H groups in total. The molecule has 0 bridgehead atoms. The number of benzene rings is 1. The van der Waals surface area contributed by atoms with Gasteiger partial charge in [0.25, 0.3) is 0 Å². The van der Waals surface area contributed by atoms with E-state index in [0.717, 1.165) is 21.7 Å². The lowest BCUT2D eigenvalue weighted by atomic mass is 10.1. The molecule has 0 aliphatic carbocycles. The molecule has 2 nitrogen and oxygen atoms in total. The average molecular weight is 365 g/mol. The Morgan fingerprint density at radius 3 is 2.70 bits per heavy atom. The largest absolute Gasteiger partial charge is 0.315 e.